The SMILES string of the molecule is COC(C)c1cccc(-c2ccc(C(=O)N3CCCCC3)cc2)c1. The second kappa shape index (κ2) is 7.63. The van der Waals surface area contributed by atoms with Crippen molar-refractivity contribution in [2.45, 2.75) is 32.3 Å². The van der Waals surface area contributed by atoms with Gasteiger partial charge in [0.2, 0.25) is 0 Å². The molecule has 0 aliphatic carbocycles. The third-order valence-electron chi connectivity index (χ3n) is 4.82. The van der Waals surface area contributed by atoms with E-state index in [-0.39, 0.29) is 12.0 Å². The molecule has 1 aliphatic heterocycles. The minimum atomic E-state index is 0.0740. The number of benzene rings is 2. The maximum Gasteiger partial charge on any atom is 0.253 e. The van der Waals surface area contributed by atoms with Gasteiger partial charge in [0.15, 0.2) is 0 Å². The number of likely N-dealkylation sites (tertiary alicyclic amines) is 1. The number of methoxy groups -OCH3 is 1. The molecule has 2 aromatic rings. The molecule has 0 saturated carbocycles. The highest BCUT2D eigenvalue weighted by molar-refractivity contribution is 5.94. The molecule has 0 aromatic heterocycles. The Kier molecular flexibility index (Phi) is 5.31. The van der Waals surface area contributed by atoms with Gasteiger partial charge in [0.25, 0.3) is 5.91 Å². The van der Waals surface area contributed by atoms with Crippen LogP contribution in [0, 0.1) is 0 Å². The van der Waals surface area contributed by atoms with Crippen molar-refractivity contribution in [2.75, 3.05) is 20.2 Å². The Labute approximate surface area is 144 Å². The molecule has 1 saturated heterocycles. The van der Waals surface area contributed by atoms with Crippen LogP contribution in [0.25, 0.3) is 11.1 Å². The number of hydrogen-bond acceptors (Lipinski definition) is 2. The highest BCUT2D eigenvalue weighted by Crippen LogP contribution is 2.25. The summed E-state index contributed by atoms with van der Waals surface area (Å²) in [5, 5.41) is 0. The van der Waals surface area contributed by atoms with E-state index < -0.39 is 0 Å². The number of amides is 1. The van der Waals surface area contributed by atoms with Crippen molar-refractivity contribution in [3.63, 3.8) is 0 Å². The average molecular weight is 323 g/mol. The summed E-state index contributed by atoms with van der Waals surface area (Å²) in [5.41, 5.74) is 4.20. The van der Waals surface area contributed by atoms with Crippen molar-refractivity contribution in [3.8, 4) is 11.1 Å². The fourth-order valence-electron chi connectivity index (χ4n) is 3.19. The summed E-state index contributed by atoms with van der Waals surface area (Å²) in [7, 11) is 1.72. The van der Waals surface area contributed by atoms with Gasteiger partial charge in [-0.05, 0) is 61.1 Å². The zero-order valence-corrected chi connectivity index (χ0v) is 14.5. The smallest absolute Gasteiger partial charge is 0.253 e. The van der Waals surface area contributed by atoms with Gasteiger partial charge in [-0.1, -0.05) is 30.3 Å². The zero-order chi connectivity index (χ0) is 16.9. The van der Waals surface area contributed by atoms with Gasteiger partial charge in [0.05, 0.1) is 6.10 Å². The number of rotatable bonds is 4. The average Bonchev–Trinajstić information content (AvgIpc) is 2.67. The number of hydrogen-bond donors (Lipinski definition) is 0. The summed E-state index contributed by atoms with van der Waals surface area (Å²) < 4.78 is 5.39. The van der Waals surface area contributed by atoms with Crippen LogP contribution < -0.4 is 0 Å². The lowest BCUT2D eigenvalue weighted by Gasteiger charge is -2.26. The highest BCUT2D eigenvalue weighted by atomic mass is 16.5. The summed E-state index contributed by atoms with van der Waals surface area (Å²) >= 11 is 0. The lowest BCUT2D eigenvalue weighted by Crippen LogP contribution is -2.35. The molecule has 2 aromatic carbocycles. The maximum atomic E-state index is 12.5. The molecule has 126 valence electrons. The molecule has 1 heterocycles. The van der Waals surface area contributed by atoms with E-state index in [1.54, 1.807) is 7.11 Å². The molecule has 1 amide bonds. The number of piperidine rings is 1. The standard InChI is InChI=1S/C21H25NO2/c1-16(24-2)19-7-6-8-20(15-19)17-9-11-18(12-10-17)21(23)22-13-4-3-5-14-22/h6-12,15-16H,3-5,13-14H2,1-2H3. The van der Waals surface area contributed by atoms with E-state index >= 15 is 0 Å². The second-order valence-electron chi connectivity index (χ2n) is 6.43. The Morgan fingerprint density at radius 1 is 1.00 bits per heavy atom. The van der Waals surface area contributed by atoms with Gasteiger partial charge in [-0.3, -0.25) is 4.79 Å². The van der Waals surface area contributed by atoms with Gasteiger partial charge in [-0.15, -0.1) is 0 Å². The fraction of sp³-hybridized carbons (Fsp3) is 0.381. The molecule has 24 heavy (non-hydrogen) atoms. The summed E-state index contributed by atoms with van der Waals surface area (Å²) in [5.74, 6) is 0.156. The van der Waals surface area contributed by atoms with Crippen LogP contribution >= 0.6 is 0 Å². The van der Waals surface area contributed by atoms with E-state index in [1.807, 2.05) is 42.2 Å². The highest BCUT2D eigenvalue weighted by Gasteiger charge is 2.18. The van der Waals surface area contributed by atoms with Gasteiger partial charge in [0, 0.05) is 25.8 Å². The normalized spacial score (nSPS) is 16.0. The monoisotopic (exact) mass is 323 g/mol. The van der Waals surface area contributed by atoms with E-state index in [9.17, 15) is 4.79 Å². The Bertz CT molecular complexity index is 687. The Morgan fingerprint density at radius 2 is 1.71 bits per heavy atom. The molecule has 1 atom stereocenters. The number of nitrogens with zero attached hydrogens (tertiary/aromatic N) is 1. The van der Waals surface area contributed by atoms with Crippen molar-refractivity contribution in [1.29, 1.82) is 0 Å². The molecule has 0 bridgehead atoms. The Morgan fingerprint density at radius 3 is 2.38 bits per heavy atom. The van der Waals surface area contributed by atoms with Crippen LogP contribution in [0.5, 0.6) is 0 Å². The molecule has 1 unspecified atom stereocenters. The molecule has 3 rings (SSSR count). The van der Waals surface area contributed by atoms with E-state index in [0.29, 0.717) is 0 Å². The Balaban J connectivity index is 1.78. The minimum Gasteiger partial charge on any atom is -0.377 e. The number of ether oxygens (including phenoxy) is 1. The molecule has 3 heteroatoms. The van der Waals surface area contributed by atoms with Crippen LogP contribution in [-0.4, -0.2) is 31.0 Å². The molecule has 0 spiro atoms. The first-order valence-electron chi connectivity index (χ1n) is 8.71. The molecular formula is C21H25NO2. The van der Waals surface area contributed by atoms with E-state index in [1.165, 1.54) is 6.42 Å². The van der Waals surface area contributed by atoms with Gasteiger partial charge >= 0.3 is 0 Å². The van der Waals surface area contributed by atoms with Crippen molar-refractivity contribution in [1.82, 2.24) is 4.90 Å². The van der Waals surface area contributed by atoms with Gasteiger partial charge in [-0.25, -0.2) is 0 Å². The topological polar surface area (TPSA) is 29.5 Å². The molecule has 1 aliphatic rings. The Hall–Kier alpha value is -2.13. The van der Waals surface area contributed by atoms with Gasteiger partial charge in [0.1, 0.15) is 0 Å². The first-order valence-corrected chi connectivity index (χ1v) is 8.71. The molecule has 1 fully saturated rings. The van der Waals surface area contributed by atoms with E-state index in [4.69, 9.17) is 4.74 Å². The summed E-state index contributed by atoms with van der Waals surface area (Å²) in [6.45, 7) is 3.81. The quantitative estimate of drug-likeness (QED) is 0.817. The lowest BCUT2D eigenvalue weighted by atomic mass is 9.99. The molecular weight excluding hydrogens is 298 g/mol. The molecule has 0 radical (unpaired) electrons. The van der Waals surface area contributed by atoms with Crippen LogP contribution in [0.3, 0.4) is 0 Å². The zero-order valence-electron chi connectivity index (χ0n) is 14.5. The number of carbonyl (C=O) groups is 1. The third-order valence-corrected chi connectivity index (χ3v) is 4.82. The molecule has 3 nitrogen and oxygen atoms in total. The fourth-order valence-corrected chi connectivity index (χ4v) is 3.19. The van der Waals surface area contributed by atoms with Crippen molar-refractivity contribution in [3.05, 3.63) is 59.7 Å². The van der Waals surface area contributed by atoms with Gasteiger partial charge < -0.3 is 9.64 Å². The first kappa shape index (κ1) is 16.7. The van der Waals surface area contributed by atoms with E-state index in [2.05, 4.69) is 18.2 Å². The van der Waals surface area contributed by atoms with Gasteiger partial charge in [-0.2, -0.15) is 0 Å². The first-order chi connectivity index (χ1) is 11.7. The van der Waals surface area contributed by atoms with Crippen LogP contribution in [0.4, 0.5) is 0 Å². The summed E-state index contributed by atoms with van der Waals surface area (Å²) in [6.07, 6.45) is 3.55. The maximum absolute atomic E-state index is 12.5. The largest absolute Gasteiger partial charge is 0.377 e. The second-order valence-corrected chi connectivity index (χ2v) is 6.43. The van der Waals surface area contributed by atoms with Crippen molar-refractivity contribution < 1.29 is 9.53 Å². The molecule has 0 N–H and O–H groups in total. The van der Waals surface area contributed by atoms with E-state index in [0.717, 1.165) is 48.2 Å². The van der Waals surface area contributed by atoms with Crippen LogP contribution in [-0.2, 0) is 4.74 Å². The van der Waals surface area contributed by atoms with Crippen molar-refractivity contribution in [2.24, 2.45) is 0 Å². The number of carbonyl (C=O) groups excluding carboxylic acids is 1. The predicted molar refractivity (Wildman–Crippen MR) is 97.1 cm³/mol. The van der Waals surface area contributed by atoms with Crippen LogP contribution in [0.2, 0.25) is 0 Å². The van der Waals surface area contributed by atoms with Crippen molar-refractivity contribution >= 4 is 5.91 Å². The summed E-state index contributed by atoms with van der Waals surface area (Å²) in [4.78, 5) is 14.5. The lowest BCUT2D eigenvalue weighted by molar-refractivity contribution is 0.0724. The summed E-state index contributed by atoms with van der Waals surface area (Å²) in [6, 6.07) is 16.3. The predicted octanol–water partition coefficient (Wildman–Crippen LogP) is 4.69. The third kappa shape index (κ3) is 3.68. The van der Waals surface area contributed by atoms with Crippen LogP contribution in [0.1, 0.15) is 48.2 Å². The minimum absolute atomic E-state index is 0.0740. The van der Waals surface area contributed by atoms with Crippen LogP contribution in [0.15, 0.2) is 48.5 Å².